The van der Waals surface area contributed by atoms with Crippen molar-refractivity contribution in [3.8, 4) is 0 Å². The third-order valence-corrected chi connectivity index (χ3v) is 1.55. The second-order valence-electron chi connectivity index (χ2n) is 2.76. The van der Waals surface area contributed by atoms with Gasteiger partial charge in [0.15, 0.2) is 0 Å². The molecule has 0 aliphatic heterocycles. The van der Waals surface area contributed by atoms with Crippen molar-refractivity contribution in [3.05, 3.63) is 29.7 Å². The van der Waals surface area contributed by atoms with Gasteiger partial charge in [0, 0.05) is 6.92 Å². The average molecular weight is 196 g/mol. The SMILES string of the molecule is CC(=O)OC/C(=C/c1ccco1)CO. The molecule has 0 fully saturated rings. The van der Waals surface area contributed by atoms with Crippen LogP contribution in [0, 0.1) is 0 Å². The zero-order valence-corrected chi connectivity index (χ0v) is 7.90. The molecular weight excluding hydrogens is 184 g/mol. The number of aliphatic hydroxyl groups is 1. The van der Waals surface area contributed by atoms with Crippen LogP contribution in [-0.4, -0.2) is 24.3 Å². The molecule has 4 heteroatoms. The molecular formula is C10H12O4. The normalized spacial score (nSPS) is 11.4. The number of carbonyl (C=O) groups is 1. The minimum Gasteiger partial charge on any atom is -0.465 e. The van der Waals surface area contributed by atoms with Crippen molar-refractivity contribution < 1.29 is 19.1 Å². The Hall–Kier alpha value is -1.55. The Kier molecular flexibility index (Phi) is 3.94. The molecule has 0 radical (unpaired) electrons. The zero-order chi connectivity index (χ0) is 10.4. The molecule has 1 N–H and O–H groups in total. The van der Waals surface area contributed by atoms with Crippen molar-refractivity contribution in [1.82, 2.24) is 0 Å². The smallest absolute Gasteiger partial charge is 0.302 e. The Morgan fingerprint density at radius 3 is 3.00 bits per heavy atom. The van der Waals surface area contributed by atoms with Gasteiger partial charge in [0.25, 0.3) is 0 Å². The Morgan fingerprint density at radius 2 is 2.50 bits per heavy atom. The van der Waals surface area contributed by atoms with Crippen LogP contribution in [0.4, 0.5) is 0 Å². The summed E-state index contributed by atoms with van der Waals surface area (Å²) in [6, 6.07) is 3.50. The van der Waals surface area contributed by atoms with E-state index in [0.717, 1.165) is 0 Å². The van der Waals surface area contributed by atoms with E-state index in [1.165, 1.54) is 13.2 Å². The van der Waals surface area contributed by atoms with Crippen molar-refractivity contribution in [2.24, 2.45) is 0 Å². The first-order valence-corrected chi connectivity index (χ1v) is 4.19. The summed E-state index contributed by atoms with van der Waals surface area (Å²) in [5.74, 6) is 0.255. The minimum absolute atomic E-state index is 0.0898. The molecule has 1 rings (SSSR count). The quantitative estimate of drug-likeness (QED) is 0.735. The molecule has 0 aliphatic rings. The molecule has 0 saturated carbocycles. The number of hydrogen-bond donors (Lipinski definition) is 1. The van der Waals surface area contributed by atoms with Crippen molar-refractivity contribution in [1.29, 1.82) is 0 Å². The highest BCUT2D eigenvalue weighted by Crippen LogP contribution is 2.07. The summed E-state index contributed by atoms with van der Waals surface area (Å²) in [5, 5.41) is 8.94. The number of esters is 1. The van der Waals surface area contributed by atoms with E-state index in [2.05, 4.69) is 0 Å². The van der Waals surface area contributed by atoms with Crippen molar-refractivity contribution in [3.63, 3.8) is 0 Å². The zero-order valence-electron chi connectivity index (χ0n) is 7.90. The van der Waals surface area contributed by atoms with E-state index in [9.17, 15) is 4.79 Å². The van der Waals surface area contributed by atoms with Gasteiger partial charge in [0.1, 0.15) is 12.4 Å². The second-order valence-corrected chi connectivity index (χ2v) is 2.76. The number of carbonyl (C=O) groups excluding carboxylic acids is 1. The van der Waals surface area contributed by atoms with E-state index < -0.39 is 0 Å². The van der Waals surface area contributed by atoms with Crippen LogP contribution in [0.5, 0.6) is 0 Å². The molecule has 0 bridgehead atoms. The fourth-order valence-corrected chi connectivity index (χ4v) is 0.902. The molecule has 0 aromatic carbocycles. The van der Waals surface area contributed by atoms with Gasteiger partial charge in [0.05, 0.1) is 12.9 Å². The summed E-state index contributed by atoms with van der Waals surface area (Å²) >= 11 is 0. The summed E-state index contributed by atoms with van der Waals surface area (Å²) < 4.78 is 9.78. The first-order valence-electron chi connectivity index (χ1n) is 4.19. The second kappa shape index (κ2) is 5.24. The summed E-state index contributed by atoms with van der Waals surface area (Å²) in [6.07, 6.45) is 3.18. The summed E-state index contributed by atoms with van der Waals surface area (Å²) in [5.41, 5.74) is 0.593. The highest BCUT2D eigenvalue weighted by molar-refractivity contribution is 5.66. The van der Waals surface area contributed by atoms with Gasteiger partial charge in [-0.25, -0.2) is 0 Å². The molecule has 0 amide bonds. The van der Waals surface area contributed by atoms with Gasteiger partial charge < -0.3 is 14.3 Å². The van der Waals surface area contributed by atoms with Gasteiger partial charge in [0.2, 0.25) is 0 Å². The van der Waals surface area contributed by atoms with Gasteiger partial charge in [-0.15, -0.1) is 0 Å². The molecule has 1 aromatic rings. The average Bonchev–Trinajstić information content (AvgIpc) is 2.64. The number of aliphatic hydroxyl groups excluding tert-OH is 1. The summed E-state index contributed by atoms with van der Waals surface area (Å²) in [4.78, 5) is 10.5. The van der Waals surface area contributed by atoms with Crippen LogP contribution >= 0.6 is 0 Å². The van der Waals surface area contributed by atoms with Crippen LogP contribution in [0.1, 0.15) is 12.7 Å². The van der Waals surface area contributed by atoms with Gasteiger partial charge in [-0.05, 0) is 23.8 Å². The van der Waals surface area contributed by atoms with E-state index >= 15 is 0 Å². The van der Waals surface area contributed by atoms with E-state index in [-0.39, 0.29) is 19.2 Å². The lowest BCUT2D eigenvalue weighted by Crippen LogP contribution is -2.05. The van der Waals surface area contributed by atoms with Crippen molar-refractivity contribution >= 4 is 12.0 Å². The maximum absolute atomic E-state index is 10.5. The molecule has 0 atom stereocenters. The molecule has 0 unspecified atom stereocenters. The molecule has 1 heterocycles. The molecule has 1 aromatic heterocycles. The Bertz CT molecular complexity index is 311. The highest BCUT2D eigenvalue weighted by atomic mass is 16.5. The number of hydrogen-bond acceptors (Lipinski definition) is 4. The van der Waals surface area contributed by atoms with Crippen LogP contribution in [0.2, 0.25) is 0 Å². The van der Waals surface area contributed by atoms with Crippen molar-refractivity contribution in [2.75, 3.05) is 13.2 Å². The van der Waals surface area contributed by atoms with Crippen LogP contribution in [-0.2, 0) is 9.53 Å². The molecule has 14 heavy (non-hydrogen) atoms. The first-order chi connectivity index (χ1) is 6.72. The highest BCUT2D eigenvalue weighted by Gasteiger charge is 2.00. The van der Waals surface area contributed by atoms with E-state index in [1.807, 2.05) is 0 Å². The fraction of sp³-hybridized carbons (Fsp3) is 0.300. The molecule has 0 aliphatic carbocycles. The Labute approximate surface area is 81.8 Å². The number of ether oxygens (including phenoxy) is 1. The van der Waals surface area contributed by atoms with Crippen LogP contribution in [0.3, 0.4) is 0 Å². The fourth-order valence-electron chi connectivity index (χ4n) is 0.902. The molecule has 76 valence electrons. The monoisotopic (exact) mass is 196 g/mol. The summed E-state index contributed by atoms with van der Waals surface area (Å²) in [6.45, 7) is 1.25. The third-order valence-electron chi connectivity index (χ3n) is 1.55. The Morgan fingerprint density at radius 1 is 1.71 bits per heavy atom. The van der Waals surface area contributed by atoms with E-state index in [4.69, 9.17) is 14.3 Å². The predicted molar refractivity (Wildman–Crippen MR) is 50.4 cm³/mol. The van der Waals surface area contributed by atoms with Gasteiger partial charge in [-0.2, -0.15) is 0 Å². The molecule has 4 nitrogen and oxygen atoms in total. The van der Waals surface area contributed by atoms with Gasteiger partial charge in [-0.3, -0.25) is 4.79 Å². The standard InChI is InChI=1S/C10H12O4/c1-8(12)14-7-9(6-11)5-10-3-2-4-13-10/h2-5,11H,6-7H2,1H3/b9-5+. The predicted octanol–water partition coefficient (Wildman–Crippen LogP) is 1.22. The van der Waals surface area contributed by atoms with Gasteiger partial charge >= 0.3 is 5.97 Å². The molecule has 0 saturated heterocycles. The van der Waals surface area contributed by atoms with Gasteiger partial charge in [-0.1, -0.05) is 0 Å². The van der Waals surface area contributed by atoms with Crippen LogP contribution < -0.4 is 0 Å². The minimum atomic E-state index is -0.371. The summed E-state index contributed by atoms with van der Waals surface area (Å²) in [7, 11) is 0. The first kappa shape index (κ1) is 10.5. The Balaban J connectivity index is 2.57. The van der Waals surface area contributed by atoms with E-state index in [1.54, 1.807) is 18.2 Å². The topological polar surface area (TPSA) is 59.7 Å². The lowest BCUT2D eigenvalue weighted by Gasteiger charge is -2.03. The lowest BCUT2D eigenvalue weighted by molar-refractivity contribution is -0.140. The maximum Gasteiger partial charge on any atom is 0.302 e. The van der Waals surface area contributed by atoms with Crippen LogP contribution in [0.15, 0.2) is 28.4 Å². The largest absolute Gasteiger partial charge is 0.465 e. The lowest BCUT2D eigenvalue weighted by atomic mass is 10.2. The van der Waals surface area contributed by atoms with E-state index in [0.29, 0.717) is 11.3 Å². The molecule has 0 spiro atoms. The van der Waals surface area contributed by atoms with Crippen molar-refractivity contribution in [2.45, 2.75) is 6.92 Å². The maximum atomic E-state index is 10.5. The number of rotatable bonds is 4. The van der Waals surface area contributed by atoms with Crippen LogP contribution in [0.25, 0.3) is 6.08 Å². The number of furan rings is 1. The third kappa shape index (κ3) is 3.45.